The zero-order valence-corrected chi connectivity index (χ0v) is 13.3. The molecule has 0 N–H and O–H groups in total. The summed E-state index contributed by atoms with van der Waals surface area (Å²) in [4.78, 5) is 8.78. The quantitative estimate of drug-likeness (QED) is 0.668. The van der Waals surface area contributed by atoms with E-state index in [1.165, 1.54) is 6.07 Å². The molecule has 1 saturated carbocycles. The van der Waals surface area contributed by atoms with Crippen LogP contribution >= 0.6 is 15.9 Å². The van der Waals surface area contributed by atoms with Crippen LogP contribution in [-0.4, -0.2) is 26.7 Å². The van der Waals surface area contributed by atoms with Crippen molar-refractivity contribution in [3.05, 3.63) is 40.5 Å². The standard InChI is InChI=1S/C15H12BrFN4O/c1-22-11-7-21-13(19-14(11)8-2-3-8)6-10(20-21)15-9(17)4-5-12(16)18-15/h4-8H,2-3H2,1H3. The molecule has 7 heteroatoms. The van der Waals surface area contributed by atoms with Gasteiger partial charge in [-0.2, -0.15) is 5.10 Å². The third kappa shape index (κ3) is 2.25. The summed E-state index contributed by atoms with van der Waals surface area (Å²) >= 11 is 3.25. The molecule has 112 valence electrons. The van der Waals surface area contributed by atoms with E-state index in [1.54, 1.807) is 30.0 Å². The zero-order valence-electron chi connectivity index (χ0n) is 11.8. The molecule has 0 bridgehead atoms. The molecule has 4 rings (SSSR count). The van der Waals surface area contributed by atoms with Crippen molar-refractivity contribution in [2.24, 2.45) is 0 Å². The molecule has 22 heavy (non-hydrogen) atoms. The Bertz CT molecular complexity index is 875. The molecule has 0 aromatic carbocycles. The van der Waals surface area contributed by atoms with E-state index < -0.39 is 5.82 Å². The summed E-state index contributed by atoms with van der Waals surface area (Å²) < 4.78 is 21.5. The number of ether oxygens (including phenoxy) is 1. The first-order valence-electron chi connectivity index (χ1n) is 6.92. The van der Waals surface area contributed by atoms with Crippen LogP contribution in [0.5, 0.6) is 5.75 Å². The van der Waals surface area contributed by atoms with Gasteiger partial charge in [-0.1, -0.05) is 0 Å². The van der Waals surface area contributed by atoms with Gasteiger partial charge >= 0.3 is 0 Å². The lowest BCUT2D eigenvalue weighted by Crippen LogP contribution is -1.99. The summed E-state index contributed by atoms with van der Waals surface area (Å²) in [5.74, 6) is 0.757. The van der Waals surface area contributed by atoms with Crippen molar-refractivity contribution in [1.82, 2.24) is 19.6 Å². The smallest absolute Gasteiger partial charge is 0.159 e. The molecule has 0 radical (unpaired) electrons. The van der Waals surface area contributed by atoms with Gasteiger partial charge in [-0.25, -0.2) is 18.9 Å². The second-order valence-electron chi connectivity index (χ2n) is 5.27. The first-order chi connectivity index (χ1) is 10.7. The van der Waals surface area contributed by atoms with E-state index in [4.69, 9.17) is 4.74 Å². The summed E-state index contributed by atoms with van der Waals surface area (Å²) in [5.41, 5.74) is 2.26. The summed E-state index contributed by atoms with van der Waals surface area (Å²) in [5, 5.41) is 4.37. The van der Waals surface area contributed by atoms with Crippen LogP contribution < -0.4 is 4.74 Å². The van der Waals surface area contributed by atoms with Gasteiger partial charge < -0.3 is 4.74 Å². The van der Waals surface area contributed by atoms with Crippen LogP contribution in [0.2, 0.25) is 0 Å². The van der Waals surface area contributed by atoms with Crippen LogP contribution in [0.3, 0.4) is 0 Å². The molecule has 0 aliphatic heterocycles. The van der Waals surface area contributed by atoms with Crippen LogP contribution in [0.15, 0.2) is 29.0 Å². The molecule has 1 aliphatic rings. The van der Waals surface area contributed by atoms with Crippen LogP contribution in [-0.2, 0) is 0 Å². The highest BCUT2D eigenvalue weighted by molar-refractivity contribution is 9.10. The van der Waals surface area contributed by atoms with Crippen LogP contribution in [0, 0.1) is 5.82 Å². The van der Waals surface area contributed by atoms with Crippen LogP contribution in [0.25, 0.3) is 17.0 Å². The van der Waals surface area contributed by atoms with Gasteiger partial charge in [0.15, 0.2) is 17.2 Å². The SMILES string of the molecule is COc1cn2nc(-c3nc(Br)ccc3F)cc2nc1C1CC1. The minimum atomic E-state index is -0.416. The maximum atomic E-state index is 14.0. The lowest BCUT2D eigenvalue weighted by atomic mass is 10.2. The zero-order chi connectivity index (χ0) is 15.3. The number of nitrogens with zero attached hydrogens (tertiary/aromatic N) is 4. The number of hydrogen-bond acceptors (Lipinski definition) is 4. The second-order valence-corrected chi connectivity index (χ2v) is 6.08. The van der Waals surface area contributed by atoms with Gasteiger partial charge in [0.25, 0.3) is 0 Å². The molecule has 5 nitrogen and oxygen atoms in total. The predicted octanol–water partition coefficient (Wildman–Crippen LogP) is 3.58. The van der Waals surface area contributed by atoms with Crippen molar-refractivity contribution in [3.63, 3.8) is 0 Å². The minimum Gasteiger partial charge on any atom is -0.493 e. The maximum absolute atomic E-state index is 14.0. The Morgan fingerprint density at radius 1 is 1.32 bits per heavy atom. The lowest BCUT2D eigenvalue weighted by molar-refractivity contribution is 0.403. The number of rotatable bonds is 3. The summed E-state index contributed by atoms with van der Waals surface area (Å²) in [6.45, 7) is 0. The third-order valence-corrected chi connectivity index (χ3v) is 4.12. The van der Waals surface area contributed by atoms with E-state index in [9.17, 15) is 4.39 Å². The van der Waals surface area contributed by atoms with Crippen molar-refractivity contribution in [3.8, 4) is 17.1 Å². The van der Waals surface area contributed by atoms with E-state index in [2.05, 4.69) is 31.0 Å². The Balaban J connectivity index is 1.88. The third-order valence-electron chi connectivity index (χ3n) is 3.68. The molecule has 3 aromatic rings. The van der Waals surface area contributed by atoms with E-state index in [0.29, 0.717) is 27.6 Å². The number of aromatic nitrogens is 4. The highest BCUT2D eigenvalue weighted by atomic mass is 79.9. The van der Waals surface area contributed by atoms with Gasteiger partial charge in [0.2, 0.25) is 0 Å². The van der Waals surface area contributed by atoms with Crippen molar-refractivity contribution < 1.29 is 9.13 Å². The molecular formula is C15H12BrFN4O. The summed E-state index contributed by atoms with van der Waals surface area (Å²) in [7, 11) is 1.62. The Morgan fingerprint density at radius 2 is 2.14 bits per heavy atom. The Hall–Kier alpha value is -2.02. The Kier molecular flexibility index (Phi) is 3.11. The Morgan fingerprint density at radius 3 is 2.86 bits per heavy atom. The van der Waals surface area contributed by atoms with Gasteiger partial charge in [-0.3, -0.25) is 0 Å². The average molecular weight is 363 g/mol. The summed E-state index contributed by atoms with van der Waals surface area (Å²) in [6.07, 6.45) is 4.04. The van der Waals surface area contributed by atoms with E-state index >= 15 is 0 Å². The van der Waals surface area contributed by atoms with Crippen LogP contribution in [0.1, 0.15) is 24.5 Å². The molecule has 0 amide bonds. The molecule has 0 spiro atoms. The second kappa shape index (κ2) is 5.01. The number of methoxy groups -OCH3 is 1. The fraction of sp³-hybridized carbons (Fsp3) is 0.267. The maximum Gasteiger partial charge on any atom is 0.159 e. The number of pyridine rings is 1. The van der Waals surface area contributed by atoms with Gasteiger partial charge in [-0.15, -0.1) is 0 Å². The van der Waals surface area contributed by atoms with Gasteiger partial charge in [0, 0.05) is 12.0 Å². The average Bonchev–Trinajstić information content (AvgIpc) is 3.28. The number of hydrogen-bond donors (Lipinski definition) is 0. The Labute approximate surface area is 134 Å². The number of halogens is 2. The molecule has 0 saturated heterocycles. The van der Waals surface area contributed by atoms with Crippen molar-refractivity contribution in [1.29, 1.82) is 0 Å². The molecule has 0 atom stereocenters. The fourth-order valence-electron chi connectivity index (χ4n) is 2.44. The molecule has 1 fully saturated rings. The molecule has 1 aliphatic carbocycles. The van der Waals surface area contributed by atoms with Gasteiger partial charge in [0.05, 0.1) is 19.0 Å². The molecular weight excluding hydrogens is 351 g/mol. The van der Waals surface area contributed by atoms with E-state index in [1.807, 2.05) is 0 Å². The first-order valence-corrected chi connectivity index (χ1v) is 7.72. The molecule has 0 unspecified atom stereocenters. The number of fused-ring (bicyclic) bond motifs is 1. The van der Waals surface area contributed by atoms with Gasteiger partial charge in [0.1, 0.15) is 16.0 Å². The highest BCUT2D eigenvalue weighted by Crippen LogP contribution is 2.43. The predicted molar refractivity (Wildman–Crippen MR) is 82.4 cm³/mol. The van der Waals surface area contributed by atoms with Crippen molar-refractivity contribution in [2.45, 2.75) is 18.8 Å². The lowest BCUT2D eigenvalue weighted by Gasteiger charge is -2.06. The molecule has 3 heterocycles. The fourth-order valence-corrected chi connectivity index (χ4v) is 2.75. The first kappa shape index (κ1) is 13.6. The van der Waals surface area contributed by atoms with E-state index in [-0.39, 0.29) is 5.69 Å². The largest absolute Gasteiger partial charge is 0.493 e. The van der Waals surface area contributed by atoms with Gasteiger partial charge in [-0.05, 0) is 40.9 Å². The van der Waals surface area contributed by atoms with Crippen molar-refractivity contribution in [2.75, 3.05) is 7.11 Å². The normalized spacial score (nSPS) is 14.5. The molecule has 3 aromatic heterocycles. The highest BCUT2D eigenvalue weighted by Gasteiger charge is 2.29. The van der Waals surface area contributed by atoms with Crippen LogP contribution in [0.4, 0.5) is 4.39 Å². The topological polar surface area (TPSA) is 52.3 Å². The monoisotopic (exact) mass is 362 g/mol. The minimum absolute atomic E-state index is 0.201. The van der Waals surface area contributed by atoms with Crippen molar-refractivity contribution >= 4 is 21.6 Å². The summed E-state index contributed by atoms with van der Waals surface area (Å²) in [6, 6.07) is 4.66. The van der Waals surface area contributed by atoms with E-state index in [0.717, 1.165) is 18.5 Å².